The van der Waals surface area contributed by atoms with Gasteiger partial charge in [0.2, 0.25) is 5.82 Å². The Hall–Kier alpha value is -3.32. The zero-order valence-electron chi connectivity index (χ0n) is 15.2. The fourth-order valence-electron chi connectivity index (χ4n) is 2.60. The number of thiazole rings is 1. The van der Waals surface area contributed by atoms with E-state index >= 15 is 0 Å². The van der Waals surface area contributed by atoms with Gasteiger partial charge in [-0.3, -0.25) is 0 Å². The maximum atomic E-state index is 11.9. The monoisotopic (exact) mass is 391 g/mol. The van der Waals surface area contributed by atoms with Gasteiger partial charge in [0.1, 0.15) is 5.01 Å². The van der Waals surface area contributed by atoms with Crippen molar-refractivity contribution in [3.8, 4) is 11.4 Å². The quantitative estimate of drug-likeness (QED) is 0.351. The zero-order chi connectivity index (χ0) is 19.3. The van der Waals surface area contributed by atoms with Crippen LogP contribution >= 0.6 is 11.3 Å². The number of hydrogen-bond donors (Lipinski definition) is 0. The van der Waals surface area contributed by atoms with E-state index in [2.05, 4.69) is 22.0 Å². The summed E-state index contributed by atoms with van der Waals surface area (Å²) >= 11 is 1.51. The van der Waals surface area contributed by atoms with E-state index in [1.165, 1.54) is 23.0 Å². The molecule has 4 aromatic rings. The lowest BCUT2D eigenvalue weighted by Crippen LogP contribution is -2.00. The van der Waals surface area contributed by atoms with Gasteiger partial charge in [0, 0.05) is 11.6 Å². The molecular formula is C21H17N3O3S. The molecule has 0 aliphatic heterocycles. The summed E-state index contributed by atoms with van der Waals surface area (Å²) in [6, 6.07) is 15.8. The van der Waals surface area contributed by atoms with Crippen LogP contribution in [0.15, 0.2) is 59.1 Å². The van der Waals surface area contributed by atoms with Crippen LogP contribution < -0.4 is 0 Å². The molecule has 0 unspecified atom stereocenters. The Labute approximate surface area is 165 Å². The van der Waals surface area contributed by atoms with Crippen molar-refractivity contribution >= 4 is 33.6 Å². The lowest BCUT2D eigenvalue weighted by Gasteiger charge is -1.97. The smallest absolute Gasteiger partial charge is 0.331 e. The number of carbonyl (C=O) groups is 1. The molecular weight excluding hydrogens is 374 g/mol. The minimum atomic E-state index is -0.494. The van der Waals surface area contributed by atoms with E-state index < -0.39 is 5.97 Å². The van der Waals surface area contributed by atoms with Crippen LogP contribution in [0.3, 0.4) is 0 Å². The topological polar surface area (TPSA) is 78.1 Å². The van der Waals surface area contributed by atoms with Crippen molar-refractivity contribution in [3.05, 3.63) is 71.1 Å². The van der Waals surface area contributed by atoms with Crippen LogP contribution in [0, 0.1) is 0 Å². The van der Waals surface area contributed by atoms with Gasteiger partial charge in [-0.1, -0.05) is 48.5 Å². The summed E-state index contributed by atoms with van der Waals surface area (Å²) < 4.78 is 11.4. The molecule has 0 aliphatic rings. The SMILES string of the molecule is CCc1ccc(-c2noc(COC(=O)/C=C/c3nc4ccccc4s3)n2)cc1. The number of rotatable bonds is 6. The van der Waals surface area contributed by atoms with Gasteiger partial charge in [-0.2, -0.15) is 4.98 Å². The zero-order valence-corrected chi connectivity index (χ0v) is 16.0. The Morgan fingerprint density at radius 2 is 1.96 bits per heavy atom. The Kier molecular flexibility index (Phi) is 5.25. The summed E-state index contributed by atoms with van der Waals surface area (Å²) in [5, 5.41) is 4.68. The summed E-state index contributed by atoms with van der Waals surface area (Å²) in [6.45, 7) is 2.02. The molecule has 0 spiro atoms. The number of para-hydroxylation sites is 1. The Balaban J connectivity index is 1.35. The van der Waals surface area contributed by atoms with Gasteiger partial charge in [0.25, 0.3) is 5.89 Å². The Morgan fingerprint density at radius 1 is 1.14 bits per heavy atom. The second-order valence-corrected chi connectivity index (χ2v) is 7.09. The van der Waals surface area contributed by atoms with E-state index in [4.69, 9.17) is 9.26 Å². The third-order valence-electron chi connectivity index (χ3n) is 4.10. The summed E-state index contributed by atoms with van der Waals surface area (Å²) in [6.07, 6.45) is 3.96. The van der Waals surface area contributed by atoms with Crippen LogP contribution in [0.5, 0.6) is 0 Å². The van der Waals surface area contributed by atoms with Gasteiger partial charge in [0.15, 0.2) is 6.61 Å². The van der Waals surface area contributed by atoms with Gasteiger partial charge in [0.05, 0.1) is 10.2 Å². The molecule has 0 N–H and O–H groups in total. The second-order valence-electron chi connectivity index (χ2n) is 6.02. The molecule has 2 aromatic heterocycles. The molecule has 0 saturated heterocycles. The molecule has 0 bridgehead atoms. The van der Waals surface area contributed by atoms with E-state index in [9.17, 15) is 4.79 Å². The highest BCUT2D eigenvalue weighted by molar-refractivity contribution is 7.19. The molecule has 140 valence electrons. The molecule has 7 heteroatoms. The van der Waals surface area contributed by atoms with Crippen molar-refractivity contribution in [2.24, 2.45) is 0 Å². The highest BCUT2D eigenvalue weighted by Crippen LogP contribution is 2.22. The molecule has 2 heterocycles. The number of aromatic nitrogens is 3. The predicted molar refractivity (Wildman–Crippen MR) is 108 cm³/mol. The first-order valence-corrected chi connectivity index (χ1v) is 9.65. The lowest BCUT2D eigenvalue weighted by atomic mass is 10.1. The molecule has 4 rings (SSSR count). The molecule has 0 atom stereocenters. The first-order chi connectivity index (χ1) is 13.7. The highest BCUT2D eigenvalue weighted by atomic mass is 32.1. The molecule has 28 heavy (non-hydrogen) atoms. The molecule has 0 aliphatic carbocycles. The average molecular weight is 391 g/mol. The number of nitrogens with zero attached hydrogens (tertiary/aromatic N) is 3. The van der Waals surface area contributed by atoms with E-state index in [0.717, 1.165) is 27.2 Å². The molecule has 6 nitrogen and oxygen atoms in total. The third kappa shape index (κ3) is 4.15. The Bertz CT molecular complexity index is 1100. The summed E-state index contributed by atoms with van der Waals surface area (Å²) in [5.74, 6) is 0.223. The number of hydrogen-bond acceptors (Lipinski definition) is 7. The largest absolute Gasteiger partial charge is 0.452 e. The van der Waals surface area contributed by atoms with Crippen LogP contribution in [0.4, 0.5) is 0 Å². The molecule has 0 amide bonds. The molecule has 2 aromatic carbocycles. The van der Waals surface area contributed by atoms with Crippen molar-refractivity contribution in [2.45, 2.75) is 20.0 Å². The van der Waals surface area contributed by atoms with Crippen LogP contribution in [0.2, 0.25) is 0 Å². The van der Waals surface area contributed by atoms with Crippen LogP contribution in [0.25, 0.3) is 27.7 Å². The standard InChI is InChI=1S/C21H17N3O3S/c1-2-14-7-9-15(10-8-14)21-23-18(27-24-21)13-26-20(25)12-11-19-22-16-5-3-4-6-17(16)28-19/h3-12H,2,13H2,1H3/b12-11+. The van der Waals surface area contributed by atoms with Crippen LogP contribution in [0.1, 0.15) is 23.4 Å². The van der Waals surface area contributed by atoms with Crippen molar-refractivity contribution in [3.63, 3.8) is 0 Å². The first-order valence-electron chi connectivity index (χ1n) is 8.83. The maximum Gasteiger partial charge on any atom is 0.331 e. The second kappa shape index (κ2) is 8.14. The van der Waals surface area contributed by atoms with E-state index in [1.807, 2.05) is 48.5 Å². The van der Waals surface area contributed by atoms with Gasteiger partial charge >= 0.3 is 5.97 Å². The minimum Gasteiger partial charge on any atom is -0.452 e. The maximum absolute atomic E-state index is 11.9. The van der Waals surface area contributed by atoms with E-state index in [1.54, 1.807) is 6.08 Å². The summed E-state index contributed by atoms with van der Waals surface area (Å²) in [5.41, 5.74) is 3.00. The van der Waals surface area contributed by atoms with Crippen molar-refractivity contribution < 1.29 is 14.1 Å². The number of benzene rings is 2. The summed E-state index contributed by atoms with van der Waals surface area (Å²) in [4.78, 5) is 20.6. The van der Waals surface area contributed by atoms with Crippen molar-refractivity contribution in [1.82, 2.24) is 15.1 Å². The molecule has 0 saturated carbocycles. The first kappa shape index (κ1) is 18.1. The van der Waals surface area contributed by atoms with Gasteiger partial charge < -0.3 is 9.26 Å². The Morgan fingerprint density at radius 3 is 2.75 bits per heavy atom. The molecule has 0 radical (unpaired) electrons. The van der Waals surface area contributed by atoms with Crippen molar-refractivity contribution in [2.75, 3.05) is 0 Å². The van der Waals surface area contributed by atoms with Gasteiger partial charge in [-0.05, 0) is 30.2 Å². The average Bonchev–Trinajstić information content (AvgIpc) is 3.37. The van der Waals surface area contributed by atoms with E-state index in [-0.39, 0.29) is 12.5 Å². The summed E-state index contributed by atoms with van der Waals surface area (Å²) in [7, 11) is 0. The van der Waals surface area contributed by atoms with Gasteiger partial charge in [-0.25, -0.2) is 9.78 Å². The fourth-order valence-corrected chi connectivity index (χ4v) is 3.47. The number of fused-ring (bicyclic) bond motifs is 1. The van der Waals surface area contributed by atoms with Crippen LogP contribution in [-0.2, 0) is 22.6 Å². The predicted octanol–water partition coefficient (Wildman–Crippen LogP) is 4.67. The lowest BCUT2D eigenvalue weighted by molar-refractivity contribution is -0.139. The number of ether oxygens (including phenoxy) is 1. The number of esters is 1. The number of aryl methyl sites for hydroxylation is 1. The normalized spacial score (nSPS) is 11.3. The minimum absolute atomic E-state index is 0.0803. The van der Waals surface area contributed by atoms with Gasteiger partial charge in [-0.15, -0.1) is 11.3 Å². The number of carbonyl (C=O) groups excluding carboxylic acids is 1. The third-order valence-corrected chi connectivity index (χ3v) is 5.10. The fraction of sp³-hybridized carbons (Fsp3) is 0.143. The highest BCUT2D eigenvalue weighted by Gasteiger charge is 2.10. The van der Waals surface area contributed by atoms with Crippen LogP contribution in [-0.4, -0.2) is 21.1 Å². The molecule has 0 fully saturated rings. The van der Waals surface area contributed by atoms with Crippen molar-refractivity contribution in [1.29, 1.82) is 0 Å². The van der Waals surface area contributed by atoms with E-state index in [0.29, 0.717) is 5.82 Å².